The van der Waals surface area contributed by atoms with Gasteiger partial charge < -0.3 is 5.73 Å². The molecule has 2 N–H and O–H groups in total. The molecule has 0 fully saturated rings. The van der Waals surface area contributed by atoms with Crippen LogP contribution in [0.5, 0.6) is 0 Å². The van der Waals surface area contributed by atoms with E-state index >= 15 is 0 Å². The normalized spacial score (nSPS) is 10.6. The van der Waals surface area contributed by atoms with Gasteiger partial charge in [0.15, 0.2) is 0 Å². The Morgan fingerprint density at radius 1 is 1.11 bits per heavy atom. The molecule has 0 spiro atoms. The van der Waals surface area contributed by atoms with Gasteiger partial charge in [-0.15, -0.1) is 23.5 Å². The standard InChI is InChI=1S/C14H14ClNS2/c1-17-12-5-2-10(3-6-12)9-18-14-8-11(16)4-7-13(14)15/h2-8H,9,16H2,1H3. The number of thioether (sulfide) groups is 2. The van der Waals surface area contributed by atoms with E-state index in [1.807, 2.05) is 18.2 Å². The number of halogens is 1. The van der Waals surface area contributed by atoms with Crippen molar-refractivity contribution in [3.8, 4) is 0 Å². The molecule has 4 heteroatoms. The van der Waals surface area contributed by atoms with E-state index in [1.165, 1.54) is 10.5 Å². The van der Waals surface area contributed by atoms with Crippen LogP contribution >= 0.6 is 35.1 Å². The highest BCUT2D eigenvalue weighted by Gasteiger charge is 2.02. The topological polar surface area (TPSA) is 26.0 Å². The smallest absolute Gasteiger partial charge is 0.0543 e. The Bertz CT molecular complexity index is 526. The van der Waals surface area contributed by atoms with Gasteiger partial charge in [-0.3, -0.25) is 0 Å². The highest BCUT2D eigenvalue weighted by molar-refractivity contribution is 7.98. The van der Waals surface area contributed by atoms with Crippen molar-refractivity contribution in [1.82, 2.24) is 0 Å². The summed E-state index contributed by atoms with van der Waals surface area (Å²) in [6.07, 6.45) is 2.08. The number of hydrogen-bond acceptors (Lipinski definition) is 3. The summed E-state index contributed by atoms with van der Waals surface area (Å²) in [6.45, 7) is 0. The van der Waals surface area contributed by atoms with Crippen LogP contribution in [-0.4, -0.2) is 6.26 Å². The van der Waals surface area contributed by atoms with Crippen LogP contribution < -0.4 is 5.73 Å². The summed E-state index contributed by atoms with van der Waals surface area (Å²) in [5, 5.41) is 0.759. The van der Waals surface area contributed by atoms with E-state index in [4.69, 9.17) is 17.3 Å². The van der Waals surface area contributed by atoms with E-state index in [1.54, 1.807) is 23.5 Å². The minimum Gasteiger partial charge on any atom is -0.399 e. The molecule has 0 amide bonds. The van der Waals surface area contributed by atoms with Gasteiger partial charge in [0, 0.05) is 21.2 Å². The van der Waals surface area contributed by atoms with Gasteiger partial charge in [-0.2, -0.15) is 0 Å². The van der Waals surface area contributed by atoms with E-state index in [0.29, 0.717) is 0 Å². The van der Waals surface area contributed by atoms with Crippen molar-refractivity contribution in [3.63, 3.8) is 0 Å². The molecule has 0 aliphatic heterocycles. The van der Waals surface area contributed by atoms with Crippen molar-refractivity contribution in [2.75, 3.05) is 12.0 Å². The molecule has 2 aromatic carbocycles. The molecule has 0 unspecified atom stereocenters. The molecular weight excluding hydrogens is 282 g/mol. The number of nitrogen functional groups attached to an aromatic ring is 1. The molecule has 0 aliphatic carbocycles. The molecule has 0 heterocycles. The van der Waals surface area contributed by atoms with Gasteiger partial charge >= 0.3 is 0 Å². The van der Waals surface area contributed by atoms with Gasteiger partial charge in [-0.05, 0) is 42.2 Å². The summed E-state index contributed by atoms with van der Waals surface area (Å²) in [6, 6.07) is 14.2. The minimum absolute atomic E-state index is 0.750. The van der Waals surface area contributed by atoms with Crippen LogP contribution in [0.1, 0.15) is 5.56 Å². The predicted octanol–water partition coefficient (Wildman–Crippen LogP) is 4.94. The third kappa shape index (κ3) is 3.61. The highest BCUT2D eigenvalue weighted by Crippen LogP contribution is 2.31. The Balaban J connectivity index is 2.04. The Kier molecular flexibility index (Phi) is 4.87. The van der Waals surface area contributed by atoms with Crippen LogP contribution in [0.4, 0.5) is 5.69 Å². The molecule has 1 nitrogen and oxygen atoms in total. The average Bonchev–Trinajstić information content (AvgIpc) is 2.40. The van der Waals surface area contributed by atoms with E-state index in [0.717, 1.165) is 21.4 Å². The van der Waals surface area contributed by atoms with Crippen LogP contribution in [0.2, 0.25) is 5.02 Å². The minimum atomic E-state index is 0.750. The zero-order valence-corrected chi connectivity index (χ0v) is 12.4. The lowest BCUT2D eigenvalue weighted by molar-refractivity contribution is 1.34. The summed E-state index contributed by atoms with van der Waals surface area (Å²) in [5.41, 5.74) is 7.80. The average molecular weight is 296 g/mol. The van der Waals surface area contributed by atoms with Gasteiger partial charge in [0.2, 0.25) is 0 Å². The van der Waals surface area contributed by atoms with Crippen molar-refractivity contribution < 1.29 is 0 Å². The molecule has 2 rings (SSSR count). The lowest BCUT2D eigenvalue weighted by Gasteiger charge is -2.06. The first kappa shape index (κ1) is 13.7. The Labute approximate surface area is 121 Å². The van der Waals surface area contributed by atoms with Crippen LogP contribution in [0.3, 0.4) is 0 Å². The maximum Gasteiger partial charge on any atom is 0.0543 e. The van der Waals surface area contributed by atoms with Crippen molar-refractivity contribution >= 4 is 40.8 Å². The first-order valence-corrected chi connectivity index (χ1v) is 8.08. The van der Waals surface area contributed by atoms with Gasteiger partial charge in [0.25, 0.3) is 0 Å². The molecule has 0 bridgehead atoms. The van der Waals surface area contributed by atoms with Gasteiger partial charge in [-0.1, -0.05) is 23.7 Å². The number of hydrogen-bond donors (Lipinski definition) is 1. The van der Waals surface area contributed by atoms with Crippen LogP contribution in [0, 0.1) is 0 Å². The lowest BCUT2D eigenvalue weighted by Crippen LogP contribution is -1.86. The third-order valence-corrected chi connectivity index (χ3v) is 4.82. The summed E-state index contributed by atoms with van der Waals surface area (Å²) < 4.78 is 0. The Morgan fingerprint density at radius 3 is 2.50 bits per heavy atom. The molecule has 0 atom stereocenters. The zero-order valence-electron chi connectivity index (χ0n) is 10.0. The summed E-state index contributed by atoms with van der Waals surface area (Å²) in [4.78, 5) is 2.32. The van der Waals surface area contributed by atoms with Crippen molar-refractivity contribution in [2.24, 2.45) is 0 Å². The molecule has 2 aromatic rings. The fraction of sp³-hybridized carbons (Fsp3) is 0.143. The fourth-order valence-corrected chi connectivity index (χ4v) is 3.14. The van der Waals surface area contributed by atoms with E-state index in [-0.39, 0.29) is 0 Å². The molecule has 0 aliphatic rings. The maximum absolute atomic E-state index is 6.13. The second-order valence-electron chi connectivity index (χ2n) is 3.83. The molecular formula is C14H14ClNS2. The van der Waals surface area contributed by atoms with Gasteiger partial charge in [0.05, 0.1) is 5.02 Å². The van der Waals surface area contributed by atoms with Crippen LogP contribution in [0.15, 0.2) is 52.3 Å². The lowest BCUT2D eigenvalue weighted by atomic mass is 10.2. The van der Waals surface area contributed by atoms with Gasteiger partial charge in [0.1, 0.15) is 0 Å². The van der Waals surface area contributed by atoms with Crippen LogP contribution in [0.25, 0.3) is 0 Å². The maximum atomic E-state index is 6.13. The summed E-state index contributed by atoms with van der Waals surface area (Å²) in [5.74, 6) is 0.901. The first-order chi connectivity index (χ1) is 8.69. The number of anilines is 1. The van der Waals surface area contributed by atoms with Crippen LogP contribution in [-0.2, 0) is 5.75 Å². The Morgan fingerprint density at radius 2 is 1.83 bits per heavy atom. The van der Waals surface area contributed by atoms with E-state index in [9.17, 15) is 0 Å². The second kappa shape index (κ2) is 6.41. The van der Waals surface area contributed by atoms with E-state index < -0.39 is 0 Å². The third-order valence-electron chi connectivity index (χ3n) is 2.51. The SMILES string of the molecule is CSc1ccc(CSc2cc(N)ccc2Cl)cc1. The number of nitrogens with two attached hydrogens (primary N) is 1. The predicted molar refractivity (Wildman–Crippen MR) is 83.6 cm³/mol. The fourth-order valence-electron chi connectivity index (χ4n) is 1.51. The number of benzene rings is 2. The van der Waals surface area contributed by atoms with Crippen molar-refractivity contribution in [2.45, 2.75) is 15.5 Å². The zero-order chi connectivity index (χ0) is 13.0. The van der Waals surface area contributed by atoms with E-state index in [2.05, 4.69) is 30.5 Å². The van der Waals surface area contributed by atoms with Crippen molar-refractivity contribution in [1.29, 1.82) is 0 Å². The Hall–Kier alpha value is -0.770. The molecule has 0 saturated carbocycles. The number of rotatable bonds is 4. The second-order valence-corrected chi connectivity index (χ2v) is 6.13. The molecule has 0 aromatic heterocycles. The monoisotopic (exact) mass is 295 g/mol. The molecule has 18 heavy (non-hydrogen) atoms. The van der Waals surface area contributed by atoms with Gasteiger partial charge in [-0.25, -0.2) is 0 Å². The largest absolute Gasteiger partial charge is 0.399 e. The van der Waals surface area contributed by atoms with Crippen molar-refractivity contribution in [3.05, 3.63) is 53.1 Å². The summed E-state index contributed by atoms with van der Waals surface area (Å²) >= 11 is 9.59. The highest BCUT2D eigenvalue weighted by atomic mass is 35.5. The quantitative estimate of drug-likeness (QED) is 0.639. The molecule has 0 saturated heterocycles. The molecule has 0 radical (unpaired) electrons. The summed E-state index contributed by atoms with van der Waals surface area (Å²) in [7, 11) is 0. The first-order valence-electron chi connectivity index (χ1n) is 5.50. The molecule has 94 valence electrons.